The Balaban J connectivity index is 2.73. The fourth-order valence-corrected chi connectivity index (χ4v) is 4.06. The van der Waals surface area contributed by atoms with E-state index >= 15 is 0 Å². The summed E-state index contributed by atoms with van der Waals surface area (Å²) >= 11 is 0. The van der Waals surface area contributed by atoms with E-state index in [0.717, 1.165) is 43.0 Å². The number of benzene rings is 1. The average molecular weight is 463 g/mol. The highest BCUT2D eigenvalue weighted by Gasteiger charge is 2.27. The maximum Gasteiger partial charge on any atom is 0.160 e. The highest BCUT2D eigenvalue weighted by Crippen LogP contribution is 2.23. The number of aliphatic hydroxyl groups excluding tert-OH is 1. The molecule has 0 bridgehead atoms. The van der Waals surface area contributed by atoms with Crippen LogP contribution in [-0.2, 0) is 16.1 Å². The first kappa shape index (κ1) is 28.6. The molecule has 0 fully saturated rings. The Hall–Kier alpha value is -1.40. The molecular formula is C27H46O4Si. The van der Waals surface area contributed by atoms with E-state index in [9.17, 15) is 5.11 Å². The van der Waals surface area contributed by atoms with Crippen molar-refractivity contribution in [2.24, 2.45) is 5.92 Å². The lowest BCUT2D eigenvalue weighted by Crippen LogP contribution is -2.35. The Morgan fingerprint density at radius 2 is 1.75 bits per heavy atom. The molecule has 0 radical (unpaired) electrons. The summed E-state index contributed by atoms with van der Waals surface area (Å²) in [5.74, 6) is 0.712. The van der Waals surface area contributed by atoms with Gasteiger partial charge in [0.15, 0.2) is 6.29 Å². The third-order valence-corrected chi connectivity index (χ3v) is 7.40. The van der Waals surface area contributed by atoms with Gasteiger partial charge in [0.1, 0.15) is 5.75 Å². The van der Waals surface area contributed by atoms with Gasteiger partial charge in [0.25, 0.3) is 0 Å². The molecule has 0 aromatic heterocycles. The first-order valence-corrected chi connectivity index (χ1v) is 15.6. The highest BCUT2D eigenvalue weighted by molar-refractivity contribution is 6.76. The Morgan fingerprint density at radius 1 is 1.09 bits per heavy atom. The van der Waals surface area contributed by atoms with Crippen molar-refractivity contribution in [2.45, 2.75) is 91.1 Å². The van der Waals surface area contributed by atoms with Crippen LogP contribution >= 0.6 is 0 Å². The summed E-state index contributed by atoms with van der Waals surface area (Å²) in [4.78, 5) is 0. The van der Waals surface area contributed by atoms with E-state index < -0.39 is 14.4 Å². The molecular weight excluding hydrogens is 416 g/mol. The number of ether oxygens (including phenoxy) is 3. The Bertz CT molecular complexity index is 691. The van der Waals surface area contributed by atoms with Crippen LogP contribution in [-0.4, -0.2) is 39.3 Å². The smallest absolute Gasteiger partial charge is 0.160 e. The van der Waals surface area contributed by atoms with Gasteiger partial charge >= 0.3 is 0 Å². The van der Waals surface area contributed by atoms with Crippen LogP contribution in [0.15, 0.2) is 48.1 Å². The summed E-state index contributed by atoms with van der Waals surface area (Å²) in [5, 5.41) is 10.9. The van der Waals surface area contributed by atoms with Crippen molar-refractivity contribution in [3.63, 3.8) is 0 Å². The summed E-state index contributed by atoms with van der Waals surface area (Å²) in [6.07, 6.45) is 5.21. The van der Waals surface area contributed by atoms with Crippen LogP contribution in [0.25, 0.3) is 0 Å². The maximum absolute atomic E-state index is 10.9. The van der Waals surface area contributed by atoms with Gasteiger partial charge < -0.3 is 19.3 Å². The van der Waals surface area contributed by atoms with Crippen molar-refractivity contribution < 1.29 is 19.3 Å². The second-order valence-electron chi connectivity index (χ2n) is 10.2. The molecule has 0 aliphatic carbocycles. The van der Waals surface area contributed by atoms with Crippen molar-refractivity contribution in [3.05, 3.63) is 53.6 Å². The summed E-state index contributed by atoms with van der Waals surface area (Å²) < 4.78 is 17.3. The normalized spacial score (nSPS) is 15.3. The standard InChI is InChI=1S/C27H46O4Si/c1-21(2)10-9-11-22(3)12-17-26(27(28)30-18-19-32(6,7)8)23(4)31-20-24-13-15-25(29-5)16-14-24/h12-16,23,26-28H,1,9-11,17-20H2,2-8H3. The maximum atomic E-state index is 10.9. The molecule has 3 unspecified atom stereocenters. The number of methoxy groups -OCH3 is 1. The molecule has 1 N–H and O–H groups in total. The number of aliphatic hydroxyl groups is 1. The minimum atomic E-state index is -1.21. The molecule has 1 aromatic carbocycles. The van der Waals surface area contributed by atoms with Gasteiger partial charge in [-0.3, -0.25) is 0 Å². The number of rotatable bonds is 16. The van der Waals surface area contributed by atoms with Gasteiger partial charge in [-0.15, -0.1) is 6.58 Å². The molecule has 0 saturated heterocycles. The zero-order valence-electron chi connectivity index (χ0n) is 21.4. The molecule has 0 heterocycles. The SMILES string of the molecule is C=C(C)CCCC(C)=CCC(C(C)OCc1ccc(OC)cc1)C(O)OCC[Si](C)(C)C. The first-order valence-electron chi connectivity index (χ1n) is 11.9. The number of hydrogen-bond acceptors (Lipinski definition) is 4. The van der Waals surface area contributed by atoms with E-state index in [-0.39, 0.29) is 12.0 Å². The fraction of sp³-hybridized carbons (Fsp3) is 0.630. The fourth-order valence-electron chi connectivity index (χ4n) is 3.33. The molecule has 1 aromatic rings. The van der Waals surface area contributed by atoms with Gasteiger partial charge in [0.2, 0.25) is 0 Å². The molecule has 1 rings (SSSR count). The minimum Gasteiger partial charge on any atom is -0.497 e. The molecule has 3 atom stereocenters. The van der Waals surface area contributed by atoms with Crippen molar-refractivity contribution in [1.29, 1.82) is 0 Å². The first-order chi connectivity index (χ1) is 15.0. The molecule has 0 amide bonds. The minimum absolute atomic E-state index is 0.119. The van der Waals surface area contributed by atoms with Gasteiger partial charge in [0.05, 0.1) is 19.8 Å². The zero-order chi connectivity index (χ0) is 24.1. The van der Waals surface area contributed by atoms with Gasteiger partial charge in [-0.1, -0.05) is 49.0 Å². The Kier molecular flexibility index (Phi) is 13.1. The summed E-state index contributed by atoms with van der Waals surface area (Å²) in [6, 6.07) is 8.92. The van der Waals surface area contributed by atoms with E-state index in [0.29, 0.717) is 13.2 Å². The summed E-state index contributed by atoms with van der Waals surface area (Å²) in [6.45, 7) is 18.3. The average Bonchev–Trinajstić information content (AvgIpc) is 2.71. The van der Waals surface area contributed by atoms with Crippen LogP contribution < -0.4 is 4.74 Å². The number of hydrogen-bond donors (Lipinski definition) is 1. The molecule has 0 aliphatic rings. The Labute approximate surface area is 197 Å². The van der Waals surface area contributed by atoms with Crippen LogP contribution in [0.5, 0.6) is 5.75 Å². The number of allylic oxidation sites excluding steroid dienone is 3. The second-order valence-corrected chi connectivity index (χ2v) is 15.8. The van der Waals surface area contributed by atoms with Gasteiger partial charge in [-0.25, -0.2) is 0 Å². The van der Waals surface area contributed by atoms with Crippen LogP contribution in [0.1, 0.15) is 52.0 Å². The molecule has 0 saturated carbocycles. The third-order valence-electron chi connectivity index (χ3n) is 5.69. The van der Waals surface area contributed by atoms with Gasteiger partial charge in [-0.05, 0) is 70.2 Å². The predicted octanol–water partition coefficient (Wildman–Crippen LogP) is 6.97. The quantitative estimate of drug-likeness (QED) is 0.164. The van der Waals surface area contributed by atoms with Crippen LogP contribution in [0, 0.1) is 5.92 Å². The molecule has 182 valence electrons. The summed E-state index contributed by atoms with van der Waals surface area (Å²) in [5.41, 5.74) is 3.65. The van der Waals surface area contributed by atoms with Gasteiger partial charge in [-0.2, -0.15) is 0 Å². The van der Waals surface area contributed by atoms with Crippen molar-refractivity contribution >= 4 is 8.07 Å². The van der Waals surface area contributed by atoms with Gasteiger partial charge in [0, 0.05) is 20.6 Å². The molecule has 5 heteroatoms. The largest absolute Gasteiger partial charge is 0.497 e. The van der Waals surface area contributed by atoms with E-state index in [4.69, 9.17) is 14.2 Å². The molecule has 0 aliphatic heterocycles. The second kappa shape index (κ2) is 14.7. The molecule has 4 nitrogen and oxygen atoms in total. The molecule has 32 heavy (non-hydrogen) atoms. The van der Waals surface area contributed by atoms with E-state index in [1.165, 1.54) is 11.1 Å². The monoisotopic (exact) mass is 462 g/mol. The molecule has 0 spiro atoms. The lowest BCUT2D eigenvalue weighted by molar-refractivity contribution is -0.162. The van der Waals surface area contributed by atoms with Crippen molar-refractivity contribution in [2.75, 3.05) is 13.7 Å². The van der Waals surface area contributed by atoms with Crippen molar-refractivity contribution in [3.8, 4) is 5.75 Å². The predicted molar refractivity (Wildman–Crippen MR) is 138 cm³/mol. The Morgan fingerprint density at radius 3 is 2.31 bits per heavy atom. The van der Waals surface area contributed by atoms with E-state index in [2.05, 4.69) is 46.1 Å². The van der Waals surface area contributed by atoms with Crippen LogP contribution in [0.4, 0.5) is 0 Å². The van der Waals surface area contributed by atoms with E-state index in [1.807, 2.05) is 31.2 Å². The van der Waals surface area contributed by atoms with Crippen LogP contribution in [0.3, 0.4) is 0 Å². The summed E-state index contributed by atoms with van der Waals surface area (Å²) in [7, 11) is 0.452. The lowest BCUT2D eigenvalue weighted by atomic mass is 9.96. The lowest BCUT2D eigenvalue weighted by Gasteiger charge is -2.29. The zero-order valence-corrected chi connectivity index (χ0v) is 22.4. The van der Waals surface area contributed by atoms with Crippen molar-refractivity contribution in [1.82, 2.24) is 0 Å². The van der Waals surface area contributed by atoms with Crippen LogP contribution in [0.2, 0.25) is 25.7 Å². The highest BCUT2D eigenvalue weighted by atomic mass is 28.3. The third kappa shape index (κ3) is 12.6. The van der Waals surface area contributed by atoms with E-state index in [1.54, 1.807) is 7.11 Å². The topological polar surface area (TPSA) is 47.9 Å².